The first-order chi connectivity index (χ1) is 8.65. The normalized spacial score (nSPS) is 18.7. The average molecular weight is 266 g/mol. The average Bonchev–Trinajstić information content (AvgIpc) is 2.82. The van der Waals surface area contributed by atoms with E-state index in [-0.39, 0.29) is 12.1 Å². The molecular formula is C14H22N2OS. The molecule has 0 aliphatic carbocycles. The van der Waals surface area contributed by atoms with E-state index in [0.29, 0.717) is 0 Å². The van der Waals surface area contributed by atoms with Crippen molar-refractivity contribution >= 4 is 17.4 Å². The highest BCUT2D eigenvalue weighted by atomic mass is 32.1. The van der Waals surface area contributed by atoms with Crippen molar-refractivity contribution in [1.29, 1.82) is 0 Å². The summed E-state index contributed by atoms with van der Waals surface area (Å²) in [5.74, 6) is 0.762. The largest absolute Gasteiger partial charge is 0.335 e. The van der Waals surface area contributed by atoms with Crippen LogP contribution in [0.25, 0.3) is 0 Å². The van der Waals surface area contributed by atoms with Gasteiger partial charge in [0.1, 0.15) is 0 Å². The fraction of sp³-hybridized carbons (Fsp3) is 0.643. The number of thiophene rings is 1. The highest BCUT2D eigenvalue weighted by Gasteiger charge is 2.21. The van der Waals surface area contributed by atoms with Gasteiger partial charge < -0.3 is 10.2 Å². The number of rotatable bonds is 3. The van der Waals surface area contributed by atoms with Crippen LogP contribution in [0.5, 0.6) is 0 Å². The maximum absolute atomic E-state index is 12.1. The van der Waals surface area contributed by atoms with Gasteiger partial charge in [0.2, 0.25) is 0 Å². The second kappa shape index (κ2) is 6.23. The summed E-state index contributed by atoms with van der Waals surface area (Å²) in [6.07, 6.45) is 3.19. The van der Waals surface area contributed by atoms with Gasteiger partial charge in [0.15, 0.2) is 0 Å². The Morgan fingerprint density at radius 2 is 2.28 bits per heavy atom. The van der Waals surface area contributed by atoms with Crippen molar-refractivity contribution in [1.82, 2.24) is 10.2 Å². The molecule has 3 nitrogen and oxygen atoms in total. The van der Waals surface area contributed by atoms with Gasteiger partial charge in [-0.15, -0.1) is 11.3 Å². The molecule has 18 heavy (non-hydrogen) atoms. The summed E-state index contributed by atoms with van der Waals surface area (Å²) in [5.41, 5.74) is 0. The van der Waals surface area contributed by atoms with Crippen molar-refractivity contribution in [2.24, 2.45) is 5.92 Å². The number of nitrogens with one attached hydrogen (secondary N) is 1. The predicted octanol–water partition coefficient (Wildman–Crippen LogP) is 3.12. The number of likely N-dealkylation sites (tertiary alicyclic amines) is 1. The number of hydrogen-bond donors (Lipinski definition) is 1. The standard InChI is InChI=1S/C14H22N2OS/c1-11-5-7-16(8-6-11)14(17)15-12(2)10-13-4-3-9-18-13/h3-4,9,11-12H,5-8,10H2,1-2H3,(H,15,17). The Hall–Kier alpha value is -1.03. The van der Waals surface area contributed by atoms with Crippen molar-refractivity contribution in [3.8, 4) is 0 Å². The molecule has 100 valence electrons. The van der Waals surface area contributed by atoms with Crippen LogP contribution < -0.4 is 5.32 Å². The van der Waals surface area contributed by atoms with Crippen LogP contribution in [0.4, 0.5) is 4.79 Å². The lowest BCUT2D eigenvalue weighted by Crippen LogP contribution is -2.47. The summed E-state index contributed by atoms with van der Waals surface area (Å²) >= 11 is 1.75. The molecule has 2 amide bonds. The summed E-state index contributed by atoms with van der Waals surface area (Å²) in [7, 11) is 0. The number of carbonyl (C=O) groups is 1. The van der Waals surface area contributed by atoms with E-state index in [0.717, 1.165) is 38.3 Å². The number of piperidine rings is 1. The first kappa shape index (κ1) is 13.4. The highest BCUT2D eigenvalue weighted by Crippen LogP contribution is 2.16. The van der Waals surface area contributed by atoms with E-state index in [9.17, 15) is 4.79 Å². The van der Waals surface area contributed by atoms with Crippen LogP contribution in [-0.2, 0) is 6.42 Å². The summed E-state index contributed by atoms with van der Waals surface area (Å²) in [6, 6.07) is 4.48. The number of amides is 2. The van der Waals surface area contributed by atoms with E-state index >= 15 is 0 Å². The quantitative estimate of drug-likeness (QED) is 0.895. The van der Waals surface area contributed by atoms with E-state index in [1.54, 1.807) is 11.3 Å². The van der Waals surface area contributed by atoms with Gasteiger partial charge in [-0.1, -0.05) is 13.0 Å². The molecule has 1 fully saturated rings. The zero-order valence-corrected chi connectivity index (χ0v) is 12.0. The minimum atomic E-state index is 0.103. The molecule has 1 aromatic heterocycles. The topological polar surface area (TPSA) is 32.3 Å². The second-order valence-corrected chi connectivity index (χ2v) is 6.34. The molecule has 2 heterocycles. The Morgan fingerprint density at radius 3 is 2.89 bits per heavy atom. The molecule has 4 heteroatoms. The Kier molecular flexibility index (Phi) is 4.64. The minimum Gasteiger partial charge on any atom is -0.335 e. The zero-order chi connectivity index (χ0) is 13.0. The smallest absolute Gasteiger partial charge is 0.317 e. The van der Waals surface area contributed by atoms with Crippen LogP contribution in [0.15, 0.2) is 17.5 Å². The Balaban J connectivity index is 1.76. The highest BCUT2D eigenvalue weighted by molar-refractivity contribution is 7.09. The van der Waals surface area contributed by atoms with Crippen LogP contribution >= 0.6 is 11.3 Å². The van der Waals surface area contributed by atoms with Crippen molar-refractivity contribution in [3.05, 3.63) is 22.4 Å². The second-order valence-electron chi connectivity index (χ2n) is 5.30. The van der Waals surface area contributed by atoms with Crippen LogP contribution in [0.1, 0.15) is 31.6 Å². The zero-order valence-electron chi connectivity index (χ0n) is 11.2. The van der Waals surface area contributed by atoms with E-state index in [2.05, 4.69) is 36.7 Å². The molecule has 0 saturated carbocycles. The van der Waals surface area contributed by atoms with Gasteiger partial charge in [-0.25, -0.2) is 4.79 Å². The molecule has 1 unspecified atom stereocenters. The van der Waals surface area contributed by atoms with Crippen molar-refractivity contribution < 1.29 is 4.79 Å². The molecule has 1 saturated heterocycles. The first-order valence-corrected chi connectivity index (χ1v) is 7.61. The molecule has 0 radical (unpaired) electrons. The molecule has 0 spiro atoms. The first-order valence-electron chi connectivity index (χ1n) is 6.73. The summed E-state index contributed by atoms with van der Waals surface area (Å²) in [4.78, 5) is 15.3. The summed E-state index contributed by atoms with van der Waals surface area (Å²) < 4.78 is 0. The van der Waals surface area contributed by atoms with Gasteiger partial charge in [0, 0.05) is 30.4 Å². The maximum atomic E-state index is 12.1. The van der Waals surface area contributed by atoms with Gasteiger partial charge in [0.05, 0.1) is 0 Å². The fourth-order valence-electron chi connectivity index (χ4n) is 2.30. The molecule has 1 aliphatic rings. The van der Waals surface area contributed by atoms with E-state index in [1.807, 2.05) is 4.90 Å². The molecule has 1 aromatic rings. The van der Waals surface area contributed by atoms with Gasteiger partial charge in [0.25, 0.3) is 0 Å². The lowest BCUT2D eigenvalue weighted by Gasteiger charge is -2.31. The van der Waals surface area contributed by atoms with E-state index in [4.69, 9.17) is 0 Å². The van der Waals surface area contributed by atoms with E-state index < -0.39 is 0 Å². The van der Waals surface area contributed by atoms with Crippen molar-refractivity contribution in [2.75, 3.05) is 13.1 Å². The van der Waals surface area contributed by atoms with Crippen molar-refractivity contribution in [3.63, 3.8) is 0 Å². The van der Waals surface area contributed by atoms with Gasteiger partial charge in [-0.05, 0) is 37.1 Å². The Bertz CT molecular complexity index is 369. The predicted molar refractivity (Wildman–Crippen MR) is 76.0 cm³/mol. The van der Waals surface area contributed by atoms with Crippen LogP contribution in [-0.4, -0.2) is 30.1 Å². The van der Waals surface area contributed by atoms with Crippen molar-refractivity contribution in [2.45, 2.75) is 39.2 Å². The fourth-order valence-corrected chi connectivity index (χ4v) is 3.13. The third-order valence-corrected chi connectivity index (χ3v) is 4.43. The van der Waals surface area contributed by atoms with Gasteiger partial charge in [-0.2, -0.15) is 0 Å². The molecule has 0 aromatic carbocycles. The monoisotopic (exact) mass is 266 g/mol. The van der Waals surface area contributed by atoms with Crippen LogP contribution in [0.3, 0.4) is 0 Å². The lowest BCUT2D eigenvalue weighted by atomic mass is 10.00. The number of hydrogen-bond acceptors (Lipinski definition) is 2. The number of urea groups is 1. The van der Waals surface area contributed by atoms with Crippen LogP contribution in [0, 0.1) is 5.92 Å². The molecule has 1 atom stereocenters. The number of carbonyl (C=O) groups excluding carboxylic acids is 1. The Morgan fingerprint density at radius 1 is 1.56 bits per heavy atom. The molecular weight excluding hydrogens is 244 g/mol. The molecule has 0 bridgehead atoms. The minimum absolute atomic E-state index is 0.103. The Labute approximate surface area is 113 Å². The van der Waals surface area contributed by atoms with E-state index in [1.165, 1.54) is 4.88 Å². The third kappa shape index (κ3) is 3.73. The molecule has 1 aliphatic heterocycles. The summed E-state index contributed by atoms with van der Waals surface area (Å²) in [6.45, 7) is 6.14. The summed E-state index contributed by atoms with van der Waals surface area (Å²) in [5, 5.41) is 5.18. The third-order valence-electron chi connectivity index (χ3n) is 3.53. The molecule has 2 rings (SSSR count). The SMILES string of the molecule is CC1CCN(C(=O)NC(C)Cc2cccs2)CC1. The van der Waals surface area contributed by atoms with Gasteiger partial charge in [-0.3, -0.25) is 0 Å². The van der Waals surface area contributed by atoms with Gasteiger partial charge >= 0.3 is 6.03 Å². The number of nitrogens with zero attached hydrogens (tertiary/aromatic N) is 1. The molecule has 1 N–H and O–H groups in total. The lowest BCUT2D eigenvalue weighted by molar-refractivity contribution is 0.171. The maximum Gasteiger partial charge on any atom is 0.317 e. The van der Waals surface area contributed by atoms with Crippen LogP contribution in [0.2, 0.25) is 0 Å².